The van der Waals surface area contributed by atoms with Gasteiger partial charge in [-0.05, 0) is 57.0 Å². The van der Waals surface area contributed by atoms with Gasteiger partial charge in [0, 0.05) is 27.3 Å². The zero-order valence-corrected chi connectivity index (χ0v) is 14.9. The van der Waals surface area contributed by atoms with E-state index in [2.05, 4.69) is 60.2 Å². The molecule has 3 atom stereocenters. The Morgan fingerprint density at radius 3 is 2.95 bits per heavy atom. The van der Waals surface area contributed by atoms with Crippen LogP contribution in [0.15, 0.2) is 27.6 Å². The van der Waals surface area contributed by atoms with E-state index >= 15 is 0 Å². The first-order valence-corrected chi connectivity index (χ1v) is 9.10. The van der Waals surface area contributed by atoms with Crippen molar-refractivity contribution >= 4 is 27.7 Å². The summed E-state index contributed by atoms with van der Waals surface area (Å²) >= 11 is 5.57. The van der Waals surface area contributed by atoms with Crippen LogP contribution in [-0.4, -0.2) is 24.5 Å². The Morgan fingerprint density at radius 1 is 1.50 bits per heavy atom. The van der Waals surface area contributed by atoms with E-state index in [9.17, 15) is 0 Å². The second kappa shape index (κ2) is 7.83. The lowest BCUT2D eigenvalue weighted by Crippen LogP contribution is -2.20. The van der Waals surface area contributed by atoms with E-state index in [0.717, 1.165) is 30.5 Å². The number of benzene rings is 1. The maximum atomic E-state index is 5.68. The van der Waals surface area contributed by atoms with Crippen molar-refractivity contribution in [2.45, 2.75) is 55.9 Å². The van der Waals surface area contributed by atoms with Crippen molar-refractivity contribution in [3.63, 3.8) is 0 Å². The third-order valence-electron chi connectivity index (χ3n) is 3.72. The van der Waals surface area contributed by atoms with E-state index < -0.39 is 0 Å². The summed E-state index contributed by atoms with van der Waals surface area (Å²) in [7, 11) is 0. The van der Waals surface area contributed by atoms with E-state index in [1.807, 2.05) is 11.8 Å². The van der Waals surface area contributed by atoms with Gasteiger partial charge in [-0.3, -0.25) is 0 Å². The molecule has 1 N–H and O–H groups in total. The van der Waals surface area contributed by atoms with Crippen molar-refractivity contribution in [1.29, 1.82) is 0 Å². The van der Waals surface area contributed by atoms with Crippen LogP contribution in [0.3, 0.4) is 0 Å². The summed E-state index contributed by atoms with van der Waals surface area (Å²) in [6.45, 7) is 8.58. The summed E-state index contributed by atoms with van der Waals surface area (Å²) in [5.74, 6) is 0. The third kappa shape index (κ3) is 4.23. The van der Waals surface area contributed by atoms with E-state index in [0.29, 0.717) is 17.4 Å². The fourth-order valence-corrected chi connectivity index (χ4v) is 4.17. The summed E-state index contributed by atoms with van der Waals surface area (Å²) in [6.07, 6.45) is 2.67. The number of ether oxygens (including phenoxy) is 1. The van der Waals surface area contributed by atoms with Gasteiger partial charge >= 0.3 is 0 Å². The smallest absolute Gasteiger partial charge is 0.0669 e. The summed E-state index contributed by atoms with van der Waals surface area (Å²) in [4.78, 5) is 1.38. The zero-order valence-electron chi connectivity index (χ0n) is 12.5. The molecule has 1 aliphatic heterocycles. The van der Waals surface area contributed by atoms with E-state index in [4.69, 9.17) is 4.74 Å². The molecule has 1 aromatic carbocycles. The number of nitrogens with one attached hydrogen (secondary N) is 1. The Morgan fingerprint density at radius 2 is 2.30 bits per heavy atom. The molecule has 1 aliphatic rings. The van der Waals surface area contributed by atoms with Crippen LogP contribution in [0, 0.1) is 0 Å². The molecule has 112 valence electrons. The van der Waals surface area contributed by atoms with Crippen molar-refractivity contribution in [3.8, 4) is 0 Å². The molecule has 0 spiro atoms. The molecular formula is C16H24BrNOS. The van der Waals surface area contributed by atoms with Gasteiger partial charge in [0.2, 0.25) is 0 Å². The molecule has 4 heteroatoms. The lowest BCUT2D eigenvalue weighted by molar-refractivity contribution is 0.127. The fraction of sp³-hybridized carbons (Fsp3) is 0.625. The first-order chi connectivity index (χ1) is 9.61. The average molecular weight is 358 g/mol. The predicted molar refractivity (Wildman–Crippen MR) is 90.5 cm³/mol. The van der Waals surface area contributed by atoms with Gasteiger partial charge in [-0.2, -0.15) is 0 Å². The topological polar surface area (TPSA) is 21.3 Å². The quantitative estimate of drug-likeness (QED) is 0.791. The summed E-state index contributed by atoms with van der Waals surface area (Å²) < 4.78 is 6.83. The van der Waals surface area contributed by atoms with E-state index in [-0.39, 0.29) is 0 Å². The molecule has 1 aromatic rings. The van der Waals surface area contributed by atoms with Crippen LogP contribution in [0.25, 0.3) is 0 Å². The highest BCUT2D eigenvalue weighted by Crippen LogP contribution is 2.37. The Hall–Kier alpha value is -0.0300. The normalized spacial score (nSPS) is 24.0. The summed E-state index contributed by atoms with van der Waals surface area (Å²) in [5, 5.41) is 4.16. The Bertz CT molecular complexity index is 440. The number of hydrogen-bond acceptors (Lipinski definition) is 3. The van der Waals surface area contributed by atoms with Gasteiger partial charge < -0.3 is 10.1 Å². The van der Waals surface area contributed by atoms with Crippen LogP contribution in [0.4, 0.5) is 0 Å². The van der Waals surface area contributed by atoms with Gasteiger partial charge in [0.15, 0.2) is 0 Å². The minimum atomic E-state index is 0.357. The standard InChI is InChI=1S/C16H24BrNOS/c1-4-8-18-11(2)14-10-13(17)5-6-16(14)20-15-7-9-19-12(15)3/h5-6,10-12,15,18H,4,7-9H2,1-3H3. The first-order valence-electron chi connectivity index (χ1n) is 7.43. The van der Waals surface area contributed by atoms with Gasteiger partial charge in [0.25, 0.3) is 0 Å². The Labute approximate surface area is 135 Å². The van der Waals surface area contributed by atoms with Crippen molar-refractivity contribution in [2.24, 2.45) is 0 Å². The van der Waals surface area contributed by atoms with Crippen molar-refractivity contribution in [3.05, 3.63) is 28.2 Å². The molecule has 2 rings (SSSR count). The molecule has 0 radical (unpaired) electrons. The minimum absolute atomic E-state index is 0.357. The summed E-state index contributed by atoms with van der Waals surface area (Å²) in [6, 6.07) is 7.00. The van der Waals surface area contributed by atoms with Crippen LogP contribution >= 0.6 is 27.7 Å². The molecule has 20 heavy (non-hydrogen) atoms. The zero-order chi connectivity index (χ0) is 14.5. The van der Waals surface area contributed by atoms with E-state index in [1.165, 1.54) is 10.5 Å². The van der Waals surface area contributed by atoms with Crippen LogP contribution < -0.4 is 5.32 Å². The predicted octanol–water partition coefficient (Wildman–Crippen LogP) is 4.78. The molecule has 0 aromatic heterocycles. The van der Waals surface area contributed by atoms with E-state index in [1.54, 1.807) is 0 Å². The molecule has 0 amide bonds. The molecule has 0 bridgehead atoms. The molecule has 3 unspecified atom stereocenters. The molecule has 1 fully saturated rings. The second-order valence-electron chi connectivity index (χ2n) is 5.38. The molecule has 2 nitrogen and oxygen atoms in total. The molecule has 0 aliphatic carbocycles. The highest BCUT2D eigenvalue weighted by Gasteiger charge is 2.26. The minimum Gasteiger partial charge on any atom is -0.377 e. The van der Waals surface area contributed by atoms with Gasteiger partial charge in [-0.15, -0.1) is 11.8 Å². The molecule has 1 heterocycles. The van der Waals surface area contributed by atoms with Crippen molar-refractivity contribution in [1.82, 2.24) is 5.32 Å². The number of hydrogen-bond donors (Lipinski definition) is 1. The van der Waals surface area contributed by atoms with Crippen molar-refractivity contribution in [2.75, 3.05) is 13.2 Å². The van der Waals surface area contributed by atoms with Gasteiger partial charge in [-0.25, -0.2) is 0 Å². The number of thioether (sulfide) groups is 1. The maximum Gasteiger partial charge on any atom is 0.0669 e. The van der Waals surface area contributed by atoms with Crippen molar-refractivity contribution < 1.29 is 4.74 Å². The SMILES string of the molecule is CCCNC(C)c1cc(Br)ccc1SC1CCOC1C. The number of rotatable bonds is 6. The van der Waals surface area contributed by atoms with Crippen LogP contribution in [0.1, 0.15) is 45.2 Å². The third-order valence-corrected chi connectivity index (χ3v) is 5.76. The maximum absolute atomic E-state index is 5.68. The van der Waals surface area contributed by atoms with Gasteiger partial charge in [-0.1, -0.05) is 22.9 Å². The van der Waals surface area contributed by atoms with Gasteiger partial charge in [0.05, 0.1) is 6.10 Å². The summed E-state index contributed by atoms with van der Waals surface area (Å²) in [5.41, 5.74) is 1.39. The van der Waals surface area contributed by atoms with Crippen LogP contribution in [-0.2, 0) is 4.74 Å². The number of halogens is 1. The largest absolute Gasteiger partial charge is 0.377 e. The molecule has 1 saturated heterocycles. The highest BCUT2D eigenvalue weighted by atomic mass is 79.9. The molecular weight excluding hydrogens is 334 g/mol. The lowest BCUT2D eigenvalue weighted by Gasteiger charge is -2.21. The highest BCUT2D eigenvalue weighted by molar-refractivity contribution is 9.10. The monoisotopic (exact) mass is 357 g/mol. The van der Waals surface area contributed by atoms with Crippen LogP contribution in [0.5, 0.6) is 0 Å². The van der Waals surface area contributed by atoms with Crippen LogP contribution in [0.2, 0.25) is 0 Å². The fourth-order valence-electron chi connectivity index (χ4n) is 2.47. The molecule has 0 saturated carbocycles. The van der Waals surface area contributed by atoms with Gasteiger partial charge in [0.1, 0.15) is 0 Å². The average Bonchev–Trinajstić information content (AvgIpc) is 2.83. The Kier molecular flexibility index (Phi) is 6.40. The first kappa shape index (κ1) is 16.3. The lowest BCUT2D eigenvalue weighted by atomic mass is 10.1. The Balaban J connectivity index is 2.14. The second-order valence-corrected chi connectivity index (χ2v) is 7.58.